The quantitative estimate of drug-likeness (QED) is 0.443. The van der Waals surface area contributed by atoms with Gasteiger partial charge in [-0.2, -0.15) is 0 Å². The molecule has 3 aromatic rings. The Hall–Kier alpha value is -2.05. The minimum absolute atomic E-state index is 0.0296. The monoisotopic (exact) mass is 480 g/mol. The van der Waals surface area contributed by atoms with E-state index >= 15 is 0 Å². The number of rotatable bonds is 4. The summed E-state index contributed by atoms with van der Waals surface area (Å²) in [5, 5.41) is 1.18. The lowest BCUT2D eigenvalue weighted by Gasteiger charge is -2.32. The van der Waals surface area contributed by atoms with Gasteiger partial charge in [0.25, 0.3) is 0 Å². The van der Waals surface area contributed by atoms with Crippen molar-refractivity contribution < 1.29 is 0 Å². The van der Waals surface area contributed by atoms with E-state index in [1.54, 1.807) is 0 Å². The van der Waals surface area contributed by atoms with Gasteiger partial charge in [0.05, 0.1) is 11.7 Å². The van der Waals surface area contributed by atoms with Crippen molar-refractivity contribution in [1.82, 2.24) is 14.5 Å². The zero-order valence-electron chi connectivity index (χ0n) is 17.4. The van der Waals surface area contributed by atoms with Crippen LogP contribution in [0.2, 0.25) is 0 Å². The summed E-state index contributed by atoms with van der Waals surface area (Å²) in [6.07, 6.45) is 3.01. The van der Waals surface area contributed by atoms with Gasteiger partial charge in [-0.25, -0.2) is 0 Å². The molecule has 4 nitrogen and oxygen atoms in total. The molecule has 0 spiro atoms. The molecule has 2 aromatic heterocycles. The molecule has 6 heteroatoms. The third kappa shape index (κ3) is 3.21. The molecule has 2 aliphatic rings. The molecule has 0 amide bonds. The van der Waals surface area contributed by atoms with Crippen LogP contribution in [0.15, 0.2) is 64.2 Å². The topological polar surface area (TPSA) is 33.4 Å². The van der Waals surface area contributed by atoms with Gasteiger partial charge >= 0.3 is 0 Å². The van der Waals surface area contributed by atoms with Gasteiger partial charge in [0, 0.05) is 39.5 Å². The SMILES string of the molecule is CC[C@@H]1CSC2=N[C@H](c3ccccn3)[C@@H](c3cc(C)n(-c4ccc(Br)cc4)c3C)N21. The van der Waals surface area contributed by atoms with E-state index < -0.39 is 0 Å². The first-order valence-electron chi connectivity index (χ1n) is 10.4. The highest BCUT2D eigenvalue weighted by Crippen LogP contribution is 2.49. The van der Waals surface area contributed by atoms with E-state index in [9.17, 15) is 0 Å². The Kier molecular flexibility index (Phi) is 5.23. The van der Waals surface area contributed by atoms with Crippen molar-refractivity contribution in [1.29, 1.82) is 0 Å². The standard InChI is InChI=1S/C24H25BrN4S/c1-4-18-14-30-24-27-22(21-7-5-6-12-26-21)23(29(18)24)20-13-15(2)28(16(20)3)19-10-8-17(25)9-11-19/h5-13,18,22-23H,4,14H2,1-3H3/t18-,22-,23-/m1/s1. The van der Waals surface area contributed by atoms with Gasteiger partial charge in [-0.1, -0.05) is 40.7 Å². The van der Waals surface area contributed by atoms with Crippen molar-refractivity contribution in [2.24, 2.45) is 4.99 Å². The molecule has 0 N–H and O–H groups in total. The molecule has 30 heavy (non-hydrogen) atoms. The highest BCUT2D eigenvalue weighted by atomic mass is 79.9. The fourth-order valence-corrected chi connectivity index (χ4v) is 6.36. The van der Waals surface area contributed by atoms with Crippen LogP contribution in [0.5, 0.6) is 0 Å². The van der Waals surface area contributed by atoms with Crippen molar-refractivity contribution in [3.8, 4) is 5.69 Å². The second kappa shape index (κ2) is 7.89. The number of hydrogen-bond donors (Lipinski definition) is 0. The summed E-state index contributed by atoms with van der Waals surface area (Å²) >= 11 is 5.45. The second-order valence-electron chi connectivity index (χ2n) is 7.97. The van der Waals surface area contributed by atoms with Crippen molar-refractivity contribution in [3.63, 3.8) is 0 Å². The molecule has 1 aromatic carbocycles. The van der Waals surface area contributed by atoms with Crippen LogP contribution in [0.25, 0.3) is 5.69 Å². The van der Waals surface area contributed by atoms with Crippen LogP contribution in [-0.4, -0.2) is 31.4 Å². The van der Waals surface area contributed by atoms with Gasteiger partial charge in [-0.3, -0.25) is 9.98 Å². The normalized spacial score (nSPS) is 23.0. The third-order valence-electron chi connectivity index (χ3n) is 6.20. The van der Waals surface area contributed by atoms with Crippen LogP contribution in [-0.2, 0) is 0 Å². The number of pyridine rings is 1. The molecular formula is C24H25BrN4S. The lowest BCUT2D eigenvalue weighted by molar-refractivity contribution is 0.254. The van der Waals surface area contributed by atoms with Crippen LogP contribution in [0.4, 0.5) is 0 Å². The number of hydrogen-bond acceptors (Lipinski definition) is 4. The Morgan fingerprint density at radius 1 is 1.13 bits per heavy atom. The Morgan fingerprint density at radius 2 is 1.93 bits per heavy atom. The second-order valence-corrected chi connectivity index (χ2v) is 9.88. The maximum atomic E-state index is 5.17. The van der Waals surface area contributed by atoms with Crippen LogP contribution in [0.3, 0.4) is 0 Å². The van der Waals surface area contributed by atoms with E-state index in [-0.39, 0.29) is 12.1 Å². The molecular weight excluding hydrogens is 456 g/mol. The minimum atomic E-state index is 0.0296. The highest BCUT2D eigenvalue weighted by molar-refractivity contribution is 9.10. The van der Waals surface area contributed by atoms with Crippen LogP contribution >= 0.6 is 27.7 Å². The van der Waals surface area contributed by atoms with Crippen molar-refractivity contribution in [2.75, 3.05) is 5.75 Å². The Morgan fingerprint density at radius 3 is 2.63 bits per heavy atom. The molecule has 1 fully saturated rings. The number of aliphatic imine (C=N–C) groups is 1. The van der Waals surface area contributed by atoms with Gasteiger partial charge in [-0.05, 0) is 68.3 Å². The van der Waals surface area contributed by atoms with Crippen LogP contribution in [0.1, 0.15) is 48.1 Å². The lowest BCUT2D eigenvalue weighted by Crippen LogP contribution is -2.35. The molecule has 154 valence electrons. The van der Waals surface area contributed by atoms with E-state index in [0.29, 0.717) is 6.04 Å². The summed E-state index contributed by atoms with van der Waals surface area (Å²) in [7, 11) is 0. The number of aryl methyl sites for hydroxylation is 1. The maximum absolute atomic E-state index is 5.17. The number of fused-ring (bicyclic) bond motifs is 1. The van der Waals surface area contributed by atoms with Crippen LogP contribution < -0.4 is 0 Å². The van der Waals surface area contributed by atoms with E-state index in [1.807, 2.05) is 24.0 Å². The number of aromatic nitrogens is 2. The molecule has 0 saturated carbocycles. The van der Waals surface area contributed by atoms with Gasteiger partial charge in [0.1, 0.15) is 6.04 Å². The molecule has 0 radical (unpaired) electrons. The zero-order valence-corrected chi connectivity index (χ0v) is 19.8. The molecule has 0 unspecified atom stereocenters. The summed E-state index contributed by atoms with van der Waals surface area (Å²) in [5.74, 6) is 1.12. The predicted molar refractivity (Wildman–Crippen MR) is 128 cm³/mol. The summed E-state index contributed by atoms with van der Waals surface area (Å²) in [5.41, 5.74) is 6.12. The Balaban J connectivity index is 1.63. The fourth-order valence-electron chi connectivity index (χ4n) is 4.76. The average molecular weight is 481 g/mol. The Bertz CT molecular complexity index is 1090. The van der Waals surface area contributed by atoms with Gasteiger partial charge < -0.3 is 9.47 Å². The van der Waals surface area contributed by atoms with Gasteiger partial charge in [0.15, 0.2) is 5.17 Å². The molecule has 5 rings (SSSR count). The van der Waals surface area contributed by atoms with E-state index in [1.165, 1.54) is 27.8 Å². The van der Waals surface area contributed by atoms with Crippen LogP contribution in [0, 0.1) is 13.8 Å². The van der Waals surface area contributed by atoms with Crippen molar-refractivity contribution in [2.45, 2.75) is 45.3 Å². The summed E-state index contributed by atoms with van der Waals surface area (Å²) < 4.78 is 3.46. The number of nitrogens with zero attached hydrogens (tertiary/aromatic N) is 4. The molecule has 1 saturated heterocycles. The zero-order chi connectivity index (χ0) is 20.8. The molecule has 4 heterocycles. The molecule has 0 bridgehead atoms. The van der Waals surface area contributed by atoms with E-state index in [2.05, 4.69) is 93.6 Å². The van der Waals surface area contributed by atoms with Gasteiger partial charge in [-0.15, -0.1) is 0 Å². The summed E-state index contributed by atoms with van der Waals surface area (Å²) in [4.78, 5) is 12.4. The predicted octanol–water partition coefficient (Wildman–Crippen LogP) is 6.23. The molecule has 0 aliphatic carbocycles. The van der Waals surface area contributed by atoms with E-state index in [4.69, 9.17) is 4.99 Å². The molecule has 3 atom stereocenters. The van der Waals surface area contributed by atoms with Gasteiger partial charge in [0.2, 0.25) is 0 Å². The first-order chi connectivity index (χ1) is 14.6. The number of benzene rings is 1. The third-order valence-corrected chi connectivity index (χ3v) is 7.86. The van der Waals surface area contributed by atoms with Crippen molar-refractivity contribution in [3.05, 3.63) is 81.8 Å². The first-order valence-corrected chi connectivity index (χ1v) is 12.2. The fraction of sp³-hybridized carbons (Fsp3) is 0.333. The lowest BCUT2D eigenvalue weighted by atomic mass is 9.95. The molecule has 2 aliphatic heterocycles. The van der Waals surface area contributed by atoms with Crippen molar-refractivity contribution >= 4 is 32.9 Å². The number of amidine groups is 1. The maximum Gasteiger partial charge on any atom is 0.160 e. The minimum Gasteiger partial charge on any atom is -0.338 e. The van der Waals surface area contributed by atoms with E-state index in [0.717, 1.165) is 22.3 Å². The number of thioether (sulfide) groups is 1. The Labute approximate surface area is 190 Å². The largest absolute Gasteiger partial charge is 0.338 e. The first kappa shape index (κ1) is 19.9. The number of halogens is 1. The summed E-state index contributed by atoms with van der Waals surface area (Å²) in [6.45, 7) is 6.72. The average Bonchev–Trinajstić information content (AvgIpc) is 3.41. The summed E-state index contributed by atoms with van der Waals surface area (Å²) in [6, 6.07) is 17.8. The highest BCUT2D eigenvalue weighted by Gasteiger charge is 2.46. The smallest absolute Gasteiger partial charge is 0.160 e.